The molecule has 0 heterocycles. The number of benzene rings is 2. The predicted molar refractivity (Wildman–Crippen MR) is 90.6 cm³/mol. The van der Waals surface area contributed by atoms with E-state index in [4.69, 9.17) is 0 Å². The highest BCUT2D eigenvalue weighted by atomic mass is 19.1. The molecule has 0 atom stereocenters. The lowest BCUT2D eigenvalue weighted by Gasteiger charge is -2.33. The van der Waals surface area contributed by atoms with Crippen molar-refractivity contribution in [3.63, 3.8) is 0 Å². The third-order valence-electron chi connectivity index (χ3n) is 3.90. The Hall–Kier alpha value is -1.83. The summed E-state index contributed by atoms with van der Waals surface area (Å²) in [6.45, 7) is 10.8. The maximum atomic E-state index is 14.2. The van der Waals surface area contributed by atoms with Crippen molar-refractivity contribution in [2.24, 2.45) is 5.41 Å². The van der Waals surface area contributed by atoms with Crippen molar-refractivity contribution in [2.45, 2.75) is 46.5 Å². The average Bonchev–Trinajstić information content (AvgIpc) is 2.40. The third kappa shape index (κ3) is 3.68. The maximum Gasteiger partial charge on any atom is 0.165 e. The van der Waals surface area contributed by atoms with Gasteiger partial charge in [-0.05, 0) is 40.5 Å². The van der Waals surface area contributed by atoms with Crippen LogP contribution < -0.4 is 0 Å². The van der Waals surface area contributed by atoms with Crippen LogP contribution in [0.4, 0.5) is 4.39 Å². The van der Waals surface area contributed by atoms with Gasteiger partial charge in [0.05, 0.1) is 0 Å². The van der Waals surface area contributed by atoms with E-state index in [-0.39, 0.29) is 16.6 Å². The lowest BCUT2D eigenvalue weighted by atomic mass is 9.72. The number of aromatic hydroxyl groups is 1. The summed E-state index contributed by atoms with van der Waals surface area (Å²) in [5, 5.41) is 10.1. The topological polar surface area (TPSA) is 20.2 Å². The van der Waals surface area contributed by atoms with Crippen LogP contribution in [0.25, 0.3) is 11.1 Å². The zero-order chi connectivity index (χ0) is 16.5. The van der Waals surface area contributed by atoms with Crippen molar-refractivity contribution in [3.05, 3.63) is 53.8 Å². The van der Waals surface area contributed by atoms with Crippen molar-refractivity contribution in [1.82, 2.24) is 0 Å². The van der Waals surface area contributed by atoms with Gasteiger partial charge in [0.25, 0.3) is 0 Å². The standard InChI is InChI=1S/C20H25FO/c1-19(2,3)13-20(4,5)15-11-16(18(22)17(21)12-15)14-9-7-6-8-10-14/h6-12,22H,13H2,1-5H3. The van der Waals surface area contributed by atoms with Gasteiger partial charge in [0.1, 0.15) is 0 Å². The maximum absolute atomic E-state index is 14.2. The molecular formula is C20H25FO. The largest absolute Gasteiger partial charge is 0.504 e. The van der Waals surface area contributed by atoms with Crippen molar-refractivity contribution in [1.29, 1.82) is 0 Å². The normalized spacial score (nSPS) is 12.5. The van der Waals surface area contributed by atoms with Crippen LogP contribution in [-0.2, 0) is 5.41 Å². The number of phenolic OH excluding ortho intramolecular Hbond substituents is 1. The second-order valence-corrected chi connectivity index (χ2v) is 7.84. The van der Waals surface area contributed by atoms with Crippen LogP contribution in [0, 0.1) is 11.2 Å². The van der Waals surface area contributed by atoms with Gasteiger partial charge in [0.15, 0.2) is 11.6 Å². The molecule has 0 aliphatic carbocycles. The number of hydrogen-bond acceptors (Lipinski definition) is 1. The molecule has 0 bridgehead atoms. The molecule has 1 N–H and O–H groups in total. The highest BCUT2D eigenvalue weighted by Gasteiger charge is 2.29. The molecule has 0 spiro atoms. The van der Waals surface area contributed by atoms with Crippen LogP contribution in [0.15, 0.2) is 42.5 Å². The Bertz CT molecular complexity index is 651. The summed E-state index contributed by atoms with van der Waals surface area (Å²) >= 11 is 0. The highest BCUT2D eigenvalue weighted by Crippen LogP contribution is 2.40. The van der Waals surface area contributed by atoms with Gasteiger partial charge < -0.3 is 5.11 Å². The summed E-state index contributed by atoms with van der Waals surface area (Å²) in [4.78, 5) is 0. The van der Waals surface area contributed by atoms with Gasteiger partial charge in [-0.25, -0.2) is 4.39 Å². The average molecular weight is 300 g/mol. The molecule has 2 aromatic rings. The van der Waals surface area contributed by atoms with Crippen molar-refractivity contribution < 1.29 is 9.50 Å². The second-order valence-electron chi connectivity index (χ2n) is 7.84. The lowest BCUT2D eigenvalue weighted by molar-refractivity contribution is 0.283. The molecule has 2 rings (SSSR count). The number of rotatable bonds is 3. The van der Waals surface area contributed by atoms with Crippen LogP contribution in [0.2, 0.25) is 0 Å². The molecule has 0 fully saturated rings. The molecule has 0 amide bonds. The van der Waals surface area contributed by atoms with E-state index >= 15 is 0 Å². The predicted octanol–water partition coefficient (Wildman–Crippen LogP) is 5.91. The highest BCUT2D eigenvalue weighted by molar-refractivity contribution is 5.71. The molecule has 0 radical (unpaired) electrons. The van der Waals surface area contributed by atoms with Gasteiger partial charge in [0, 0.05) is 5.56 Å². The minimum Gasteiger partial charge on any atom is -0.504 e. The quantitative estimate of drug-likeness (QED) is 0.746. The monoisotopic (exact) mass is 300 g/mol. The van der Waals surface area contributed by atoms with Crippen LogP contribution in [0.1, 0.15) is 46.6 Å². The smallest absolute Gasteiger partial charge is 0.165 e. The molecule has 22 heavy (non-hydrogen) atoms. The molecule has 0 aliphatic heterocycles. The number of halogens is 1. The van der Waals surface area contributed by atoms with Crippen LogP contribution in [0.5, 0.6) is 5.75 Å². The van der Waals surface area contributed by atoms with Crippen LogP contribution >= 0.6 is 0 Å². The van der Waals surface area contributed by atoms with E-state index in [9.17, 15) is 9.50 Å². The Morgan fingerprint density at radius 1 is 0.955 bits per heavy atom. The molecule has 2 heteroatoms. The van der Waals surface area contributed by atoms with E-state index in [1.165, 1.54) is 6.07 Å². The van der Waals surface area contributed by atoms with Crippen LogP contribution in [-0.4, -0.2) is 5.11 Å². The first kappa shape index (κ1) is 16.5. The zero-order valence-electron chi connectivity index (χ0n) is 14.1. The molecule has 0 saturated carbocycles. The Balaban J connectivity index is 2.54. The third-order valence-corrected chi connectivity index (χ3v) is 3.90. The van der Waals surface area contributed by atoms with E-state index in [0.29, 0.717) is 5.56 Å². The molecule has 0 saturated heterocycles. The Kier molecular flexibility index (Phi) is 4.32. The first-order valence-corrected chi connectivity index (χ1v) is 7.69. The molecular weight excluding hydrogens is 275 g/mol. The summed E-state index contributed by atoms with van der Waals surface area (Å²) in [6.07, 6.45) is 0.929. The molecule has 2 aromatic carbocycles. The second kappa shape index (κ2) is 5.75. The van der Waals surface area contributed by atoms with Gasteiger partial charge in [-0.3, -0.25) is 0 Å². The summed E-state index contributed by atoms with van der Waals surface area (Å²) in [6, 6.07) is 12.8. The van der Waals surface area contributed by atoms with Gasteiger partial charge in [-0.2, -0.15) is 0 Å². The van der Waals surface area contributed by atoms with E-state index in [1.54, 1.807) is 0 Å². The van der Waals surface area contributed by atoms with E-state index in [1.807, 2.05) is 36.4 Å². The van der Waals surface area contributed by atoms with E-state index in [0.717, 1.165) is 17.5 Å². The van der Waals surface area contributed by atoms with E-state index in [2.05, 4.69) is 34.6 Å². The van der Waals surface area contributed by atoms with Crippen molar-refractivity contribution in [2.75, 3.05) is 0 Å². The Morgan fingerprint density at radius 2 is 1.55 bits per heavy atom. The Morgan fingerprint density at radius 3 is 2.09 bits per heavy atom. The number of hydrogen-bond donors (Lipinski definition) is 1. The SMILES string of the molecule is CC(C)(C)CC(C)(C)c1cc(F)c(O)c(-c2ccccc2)c1. The van der Waals surface area contributed by atoms with Gasteiger partial charge in [0.2, 0.25) is 0 Å². The fourth-order valence-corrected chi connectivity index (χ4v) is 3.26. The van der Waals surface area contributed by atoms with E-state index < -0.39 is 5.82 Å². The molecule has 1 nitrogen and oxygen atoms in total. The van der Waals surface area contributed by atoms with Crippen LogP contribution in [0.3, 0.4) is 0 Å². The Labute approximate surface area is 132 Å². The summed E-state index contributed by atoms with van der Waals surface area (Å²) in [7, 11) is 0. The molecule has 0 aliphatic rings. The van der Waals surface area contributed by atoms with Crippen molar-refractivity contribution in [3.8, 4) is 16.9 Å². The minimum atomic E-state index is -0.557. The molecule has 0 unspecified atom stereocenters. The summed E-state index contributed by atoms with van der Waals surface area (Å²) in [5.74, 6) is -0.833. The molecule has 0 aromatic heterocycles. The minimum absolute atomic E-state index is 0.144. The van der Waals surface area contributed by atoms with Crippen molar-refractivity contribution >= 4 is 0 Å². The number of phenols is 1. The lowest BCUT2D eigenvalue weighted by Crippen LogP contribution is -2.25. The fraction of sp³-hybridized carbons (Fsp3) is 0.400. The van der Waals surface area contributed by atoms with Gasteiger partial charge in [-0.15, -0.1) is 0 Å². The molecule has 118 valence electrons. The zero-order valence-corrected chi connectivity index (χ0v) is 14.1. The summed E-state index contributed by atoms with van der Waals surface area (Å²) in [5.41, 5.74) is 2.27. The fourth-order valence-electron chi connectivity index (χ4n) is 3.26. The first-order chi connectivity index (χ1) is 10.1. The summed E-state index contributed by atoms with van der Waals surface area (Å²) < 4.78 is 14.2. The first-order valence-electron chi connectivity index (χ1n) is 7.69. The van der Waals surface area contributed by atoms with Gasteiger partial charge in [-0.1, -0.05) is 65.0 Å². The van der Waals surface area contributed by atoms with Gasteiger partial charge >= 0.3 is 0 Å².